The average Bonchev–Trinajstić information content (AvgIpc) is 2.30. The van der Waals surface area contributed by atoms with E-state index in [-0.39, 0.29) is 23.5 Å². The van der Waals surface area contributed by atoms with Crippen LogP contribution in [0.15, 0.2) is 18.2 Å². The molecule has 1 amide bonds. The van der Waals surface area contributed by atoms with Gasteiger partial charge in [-0.25, -0.2) is 4.79 Å². The first kappa shape index (κ1) is 14.8. The molecular weight excluding hydrogens is 265 g/mol. The Morgan fingerprint density at radius 1 is 1.37 bits per heavy atom. The Morgan fingerprint density at radius 3 is 2.53 bits per heavy atom. The van der Waals surface area contributed by atoms with E-state index in [1.165, 1.54) is 12.1 Å². The van der Waals surface area contributed by atoms with Gasteiger partial charge >= 0.3 is 18.1 Å². The molecule has 104 valence electrons. The lowest BCUT2D eigenvalue weighted by molar-refractivity contribution is -0.167. The van der Waals surface area contributed by atoms with Crippen LogP contribution in [-0.2, 0) is 9.53 Å². The highest BCUT2D eigenvalue weighted by atomic mass is 19.4. The molecule has 0 heterocycles. The topological polar surface area (TPSA) is 81.4 Å². The fraction of sp³-hybridized carbons (Fsp3) is 0.273. The van der Waals surface area contributed by atoms with Crippen molar-refractivity contribution < 1.29 is 27.5 Å². The number of anilines is 2. The number of benzene rings is 1. The van der Waals surface area contributed by atoms with Crippen molar-refractivity contribution in [2.45, 2.75) is 13.1 Å². The summed E-state index contributed by atoms with van der Waals surface area (Å²) in [7, 11) is 0. The molecule has 3 N–H and O–H groups in total. The second-order valence-electron chi connectivity index (χ2n) is 3.47. The van der Waals surface area contributed by atoms with Crippen molar-refractivity contribution in [3.05, 3.63) is 23.8 Å². The van der Waals surface area contributed by atoms with Gasteiger partial charge in [0.2, 0.25) is 0 Å². The van der Waals surface area contributed by atoms with E-state index >= 15 is 0 Å². The van der Waals surface area contributed by atoms with Gasteiger partial charge in [-0.1, -0.05) is 0 Å². The van der Waals surface area contributed by atoms with E-state index in [0.717, 1.165) is 6.07 Å². The number of ether oxygens (including phenoxy) is 1. The fourth-order valence-corrected chi connectivity index (χ4v) is 1.20. The lowest BCUT2D eigenvalue weighted by Gasteiger charge is -2.11. The summed E-state index contributed by atoms with van der Waals surface area (Å²) in [5.74, 6) is -2.88. The number of nitrogens with two attached hydrogens (primary N) is 1. The normalized spacial score (nSPS) is 10.9. The molecule has 19 heavy (non-hydrogen) atoms. The first-order valence-corrected chi connectivity index (χ1v) is 5.20. The molecule has 8 heteroatoms. The largest absolute Gasteiger partial charge is 0.471 e. The second-order valence-corrected chi connectivity index (χ2v) is 3.47. The minimum atomic E-state index is -5.04. The summed E-state index contributed by atoms with van der Waals surface area (Å²) in [5, 5.41) is 1.59. The van der Waals surface area contributed by atoms with E-state index < -0.39 is 18.1 Å². The van der Waals surface area contributed by atoms with Crippen molar-refractivity contribution in [2.24, 2.45) is 0 Å². The van der Waals surface area contributed by atoms with Crippen molar-refractivity contribution in [1.82, 2.24) is 0 Å². The quantitative estimate of drug-likeness (QED) is 0.653. The van der Waals surface area contributed by atoms with Gasteiger partial charge in [-0.15, -0.1) is 0 Å². The molecule has 5 nitrogen and oxygen atoms in total. The Morgan fingerprint density at radius 2 is 2.00 bits per heavy atom. The number of rotatable bonds is 3. The third kappa shape index (κ3) is 3.87. The van der Waals surface area contributed by atoms with Gasteiger partial charge in [0.1, 0.15) is 0 Å². The fourth-order valence-electron chi connectivity index (χ4n) is 1.20. The molecule has 0 saturated carbocycles. The number of alkyl halides is 3. The lowest BCUT2D eigenvalue weighted by Crippen LogP contribution is -2.30. The van der Waals surface area contributed by atoms with Crippen LogP contribution in [-0.4, -0.2) is 24.7 Å². The molecule has 0 bridgehead atoms. The van der Waals surface area contributed by atoms with Crippen LogP contribution in [0.25, 0.3) is 0 Å². The maximum atomic E-state index is 12.1. The van der Waals surface area contributed by atoms with E-state index in [4.69, 9.17) is 5.73 Å². The van der Waals surface area contributed by atoms with Crippen molar-refractivity contribution in [1.29, 1.82) is 0 Å². The number of carbonyl (C=O) groups excluding carboxylic acids is 2. The Bertz CT molecular complexity index is 500. The van der Waals surface area contributed by atoms with Gasteiger partial charge in [-0.05, 0) is 25.1 Å². The van der Waals surface area contributed by atoms with Gasteiger partial charge in [0.15, 0.2) is 0 Å². The van der Waals surface area contributed by atoms with E-state index in [1.54, 1.807) is 12.2 Å². The summed E-state index contributed by atoms with van der Waals surface area (Å²) < 4.78 is 41.0. The molecule has 0 aliphatic heterocycles. The van der Waals surface area contributed by atoms with Crippen LogP contribution in [0.3, 0.4) is 0 Å². The third-order valence-corrected chi connectivity index (χ3v) is 2.07. The standard InChI is InChI=1S/C11H11F3N2O3/c1-2-19-9(17)6-3-4-7(15)8(5-6)16-10(18)11(12,13)14/h3-5H,2,15H2,1H3,(H,16,18). The second kappa shape index (κ2) is 5.59. The maximum Gasteiger partial charge on any atom is 0.471 e. The van der Waals surface area contributed by atoms with E-state index in [1.807, 2.05) is 0 Å². The smallest absolute Gasteiger partial charge is 0.462 e. The molecule has 0 aromatic heterocycles. The van der Waals surface area contributed by atoms with Crippen LogP contribution in [0.4, 0.5) is 24.5 Å². The van der Waals surface area contributed by atoms with E-state index in [0.29, 0.717) is 0 Å². The molecule has 0 fully saturated rings. The minimum absolute atomic E-state index is 0.00600. The van der Waals surface area contributed by atoms with Crippen molar-refractivity contribution >= 4 is 23.3 Å². The van der Waals surface area contributed by atoms with Crippen molar-refractivity contribution in [3.8, 4) is 0 Å². The molecule has 1 aromatic rings. The average molecular weight is 276 g/mol. The van der Waals surface area contributed by atoms with E-state index in [9.17, 15) is 22.8 Å². The summed E-state index contributed by atoms with van der Waals surface area (Å²) in [6, 6.07) is 3.52. The monoisotopic (exact) mass is 276 g/mol. The zero-order chi connectivity index (χ0) is 14.6. The highest BCUT2D eigenvalue weighted by molar-refractivity contribution is 5.99. The first-order chi connectivity index (χ1) is 8.75. The number of hydrogen-bond acceptors (Lipinski definition) is 4. The molecule has 0 spiro atoms. The van der Waals surface area contributed by atoms with Gasteiger partial charge in [-0.2, -0.15) is 13.2 Å². The maximum absolute atomic E-state index is 12.1. The lowest BCUT2D eigenvalue weighted by atomic mass is 10.1. The number of nitrogen functional groups attached to an aromatic ring is 1. The third-order valence-electron chi connectivity index (χ3n) is 2.07. The summed E-state index contributed by atoms with van der Waals surface area (Å²) in [5.41, 5.74) is 5.02. The van der Waals surface area contributed by atoms with Gasteiger partial charge in [0, 0.05) is 0 Å². The minimum Gasteiger partial charge on any atom is -0.462 e. The van der Waals surface area contributed by atoms with E-state index in [2.05, 4.69) is 4.74 Å². The zero-order valence-corrected chi connectivity index (χ0v) is 9.88. The van der Waals surface area contributed by atoms with Crippen LogP contribution in [0.1, 0.15) is 17.3 Å². The molecule has 1 rings (SSSR count). The van der Waals surface area contributed by atoms with Crippen LogP contribution in [0.5, 0.6) is 0 Å². The van der Waals surface area contributed by atoms with Crippen molar-refractivity contribution in [3.63, 3.8) is 0 Å². The predicted octanol–water partition coefficient (Wildman–Crippen LogP) is 1.95. The number of esters is 1. The summed E-state index contributed by atoms with van der Waals surface area (Å²) in [4.78, 5) is 22.2. The van der Waals surface area contributed by atoms with Gasteiger partial charge in [-0.3, -0.25) is 4.79 Å². The number of halogens is 3. The molecule has 0 radical (unpaired) electrons. The summed E-state index contributed by atoms with van der Waals surface area (Å²) in [6.07, 6.45) is -5.04. The summed E-state index contributed by atoms with van der Waals surface area (Å²) >= 11 is 0. The van der Waals surface area contributed by atoms with Gasteiger partial charge < -0.3 is 15.8 Å². The molecule has 0 aliphatic carbocycles. The number of amides is 1. The Hall–Kier alpha value is -2.25. The number of carbonyl (C=O) groups is 2. The predicted molar refractivity (Wildman–Crippen MR) is 61.5 cm³/mol. The van der Waals surface area contributed by atoms with Crippen LogP contribution < -0.4 is 11.1 Å². The van der Waals surface area contributed by atoms with Gasteiger partial charge in [0.25, 0.3) is 0 Å². The highest BCUT2D eigenvalue weighted by Crippen LogP contribution is 2.24. The van der Waals surface area contributed by atoms with Crippen molar-refractivity contribution in [2.75, 3.05) is 17.7 Å². The van der Waals surface area contributed by atoms with Crippen LogP contribution in [0, 0.1) is 0 Å². The Labute approximate surface area is 106 Å². The molecule has 0 atom stereocenters. The van der Waals surface area contributed by atoms with Crippen LogP contribution >= 0.6 is 0 Å². The van der Waals surface area contributed by atoms with Crippen LogP contribution in [0.2, 0.25) is 0 Å². The molecule has 0 aliphatic rings. The number of nitrogens with one attached hydrogen (secondary N) is 1. The molecular formula is C11H11F3N2O3. The zero-order valence-electron chi connectivity index (χ0n) is 9.88. The number of hydrogen-bond donors (Lipinski definition) is 2. The Balaban J connectivity index is 2.98. The van der Waals surface area contributed by atoms with Gasteiger partial charge in [0.05, 0.1) is 23.5 Å². The molecule has 1 aromatic carbocycles. The summed E-state index contributed by atoms with van der Waals surface area (Å²) in [6.45, 7) is 1.70. The molecule has 0 unspecified atom stereocenters. The Kier molecular flexibility index (Phi) is 4.36. The SMILES string of the molecule is CCOC(=O)c1ccc(N)c(NC(=O)C(F)(F)F)c1. The molecule has 0 saturated heterocycles. The first-order valence-electron chi connectivity index (χ1n) is 5.20. The highest BCUT2D eigenvalue weighted by Gasteiger charge is 2.39.